The highest BCUT2D eigenvalue weighted by Crippen LogP contribution is 2.32. The van der Waals surface area contributed by atoms with Crippen LogP contribution < -0.4 is 4.80 Å². The van der Waals surface area contributed by atoms with Crippen LogP contribution in [-0.4, -0.2) is 38.4 Å². The molecule has 154 valence electrons. The first-order chi connectivity index (χ1) is 13.8. The Balaban J connectivity index is 1.91. The van der Waals surface area contributed by atoms with E-state index in [4.69, 9.17) is 27.9 Å². The van der Waals surface area contributed by atoms with Gasteiger partial charge in [0.1, 0.15) is 0 Å². The molecule has 0 aliphatic carbocycles. The topological polar surface area (TPSA) is 77.7 Å². The predicted molar refractivity (Wildman–Crippen MR) is 115 cm³/mol. The summed E-state index contributed by atoms with van der Waals surface area (Å²) in [4.78, 5) is 17.2. The maximum atomic E-state index is 12.4. The number of sulfone groups is 1. The van der Waals surface area contributed by atoms with Gasteiger partial charge in [-0.15, -0.1) is 0 Å². The van der Waals surface area contributed by atoms with Crippen molar-refractivity contribution in [1.29, 1.82) is 0 Å². The molecule has 0 N–H and O–H groups in total. The molecule has 1 aromatic heterocycles. The molecule has 0 radical (unpaired) electrons. The number of hydrogen-bond donors (Lipinski definition) is 0. The van der Waals surface area contributed by atoms with Gasteiger partial charge in [-0.25, -0.2) is 8.42 Å². The van der Waals surface area contributed by atoms with Crippen molar-refractivity contribution >= 4 is 60.5 Å². The second-order valence-corrected chi connectivity index (χ2v) is 10.0. The van der Waals surface area contributed by atoms with Gasteiger partial charge in [0.25, 0.3) is 0 Å². The van der Waals surface area contributed by atoms with Gasteiger partial charge < -0.3 is 9.30 Å². The molecule has 1 amide bonds. The number of aromatic nitrogens is 1. The lowest BCUT2D eigenvalue weighted by Gasteiger charge is -2.06. The van der Waals surface area contributed by atoms with E-state index in [-0.39, 0.29) is 17.1 Å². The summed E-state index contributed by atoms with van der Waals surface area (Å²) in [5.41, 5.74) is 0.671. The molecular formula is C19H18Cl2N2O4S2. The average molecular weight is 473 g/mol. The molecule has 0 saturated carbocycles. The van der Waals surface area contributed by atoms with Crippen LogP contribution in [-0.2, 0) is 25.9 Å². The van der Waals surface area contributed by atoms with Crippen molar-refractivity contribution in [3.05, 3.63) is 57.3 Å². The first-order valence-electron chi connectivity index (χ1n) is 8.65. The molecule has 0 aliphatic heterocycles. The zero-order valence-corrected chi connectivity index (χ0v) is 18.6. The van der Waals surface area contributed by atoms with Crippen molar-refractivity contribution in [3.8, 4) is 0 Å². The summed E-state index contributed by atoms with van der Waals surface area (Å²) in [6, 6.07) is 11.5. The maximum absolute atomic E-state index is 12.4. The van der Waals surface area contributed by atoms with Crippen molar-refractivity contribution in [2.75, 3.05) is 19.5 Å². The van der Waals surface area contributed by atoms with Crippen LogP contribution in [0.15, 0.2) is 52.4 Å². The zero-order chi connectivity index (χ0) is 21.0. The highest BCUT2D eigenvalue weighted by molar-refractivity contribution is 7.91. The maximum Gasteiger partial charge on any atom is 0.249 e. The molecule has 0 unspecified atom stereocenters. The molecule has 1 heterocycles. The number of carbonyl (C=O) groups is 1. The van der Waals surface area contributed by atoms with E-state index in [1.807, 2.05) is 0 Å². The Labute approximate surface area is 182 Å². The Morgan fingerprint density at radius 2 is 1.90 bits per heavy atom. The Morgan fingerprint density at radius 3 is 2.59 bits per heavy atom. The Bertz CT molecular complexity index is 1200. The monoisotopic (exact) mass is 472 g/mol. The molecule has 2 aromatic carbocycles. The van der Waals surface area contributed by atoms with Crippen molar-refractivity contribution in [3.63, 3.8) is 0 Å². The molecule has 0 bridgehead atoms. The van der Waals surface area contributed by atoms with E-state index in [0.29, 0.717) is 33.5 Å². The summed E-state index contributed by atoms with van der Waals surface area (Å²) in [7, 11) is -1.98. The number of fused-ring (bicyclic) bond motifs is 1. The number of thiazole rings is 1. The van der Waals surface area contributed by atoms with Crippen molar-refractivity contribution in [2.45, 2.75) is 17.9 Å². The summed E-state index contributed by atoms with van der Waals surface area (Å²) < 4.78 is 32.5. The minimum Gasteiger partial charge on any atom is -0.383 e. The number of hydrogen-bond acceptors (Lipinski definition) is 5. The summed E-state index contributed by atoms with van der Waals surface area (Å²) >= 11 is 13.8. The van der Waals surface area contributed by atoms with Crippen LogP contribution >= 0.6 is 34.5 Å². The number of rotatable bonds is 7. The van der Waals surface area contributed by atoms with Gasteiger partial charge in [0, 0.05) is 20.1 Å². The van der Waals surface area contributed by atoms with Gasteiger partial charge >= 0.3 is 0 Å². The number of benzene rings is 2. The minimum absolute atomic E-state index is 0.186. The molecular weight excluding hydrogens is 455 g/mol. The summed E-state index contributed by atoms with van der Waals surface area (Å²) in [6.07, 6.45) is -0.218. The molecule has 0 spiro atoms. The van der Waals surface area contributed by atoms with Crippen molar-refractivity contribution in [2.24, 2.45) is 4.99 Å². The molecule has 3 rings (SSSR count). The lowest BCUT2D eigenvalue weighted by molar-refractivity contribution is -0.117. The summed E-state index contributed by atoms with van der Waals surface area (Å²) in [5, 5.41) is 0.770. The lowest BCUT2D eigenvalue weighted by Crippen LogP contribution is -2.20. The standard InChI is InChI=1S/C19H18Cl2N2O4S2/c1-27-11-10-23-18-15(8-7-14(20)17(18)21)28-19(23)22-16(24)9-12-29(25,26)13-5-3-2-4-6-13/h2-8H,9-12H2,1H3. The number of halogens is 2. The molecule has 10 heteroatoms. The highest BCUT2D eigenvalue weighted by Gasteiger charge is 2.17. The van der Waals surface area contributed by atoms with Crippen molar-refractivity contribution in [1.82, 2.24) is 4.57 Å². The molecule has 6 nitrogen and oxygen atoms in total. The third-order valence-electron chi connectivity index (χ3n) is 4.16. The van der Waals surface area contributed by atoms with Gasteiger partial charge in [-0.1, -0.05) is 52.7 Å². The molecule has 29 heavy (non-hydrogen) atoms. The smallest absolute Gasteiger partial charge is 0.249 e. The van der Waals surface area contributed by atoms with Gasteiger partial charge in [-0.2, -0.15) is 4.99 Å². The predicted octanol–water partition coefficient (Wildman–Crippen LogP) is 3.95. The van der Waals surface area contributed by atoms with E-state index < -0.39 is 15.7 Å². The van der Waals surface area contributed by atoms with E-state index in [1.54, 1.807) is 42.0 Å². The van der Waals surface area contributed by atoms with Crippen LogP contribution in [0, 0.1) is 0 Å². The zero-order valence-electron chi connectivity index (χ0n) is 15.5. The average Bonchev–Trinajstić information content (AvgIpc) is 3.06. The van der Waals surface area contributed by atoms with Gasteiger partial charge in [0.15, 0.2) is 14.6 Å². The third kappa shape index (κ3) is 5.07. The largest absolute Gasteiger partial charge is 0.383 e. The van der Waals surface area contributed by atoms with E-state index in [9.17, 15) is 13.2 Å². The van der Waals surface area contributed by atoms with E-state index in [2.05, 4.69) is 4.99 Å². The number of methoxy groups -OCH3 is 1. The summed E-state index contributed by atoms with van der Waals surface area (Å²) in [5.74, 6) is -0.834. The third-order valence-corrected chi connectivity index (χ3v) is 7.73. The van der Waals surface area contributed by atoms with Crippen LogP contribution in [0.4, 0.5) is 0 Å². The van der Waals surface area contributed by atoms with Gasteiger partial charge in [0.2, 0.25) is 5.91 Å². The van der Waals surface area contributed by atoms with E-state index >= 15 is 0 Å². The highest BCUT2D eigenvalue weighted by atomic mass is 35.5. The summed E-state index contributed by atoms with van der Waals surface area (Å²) in [6.45, 7) is 0.809. The minimum atomic E-state index is -3.55. The second kappa shape index (κ2) is 9.40. The first-order valence-corrected chi connectivity index (χ1v) is 11.9. The molecule has 3 aromatic rings. The quantitative estimate of drug-likeness (QED) is 0.521. The van der Waals surface area contributed by atoms with Gasteiger partial charge in [-0.05, 0) is 24.3 Å². The van der Waals surface area contributed by atoms with Crippen LogP contribution in [0.3, 0.4) is 0 Å². The Morgan fingerprint density at radius 1 is 1.17 bits per heavy atom. The fourth-order valence-electron chi connectivity index (χ4n) is 2.71. The number of carbonyl (C=O) groups excluding carboxylic acids is 1. The number of amides is 1. The SMILES string of the molecule is COCCn1c(=NC(=O)CCS(=O)(=O)c2ccccc2)sc2ccc(Cl)c(Cl)c21. The second-order valence-electron chi connectivity index (χ2n) is 6.12. The molecule has 0 fully saturated rings. The Hall–Kier alpha value is -1.71. The Kier molecular flexibility index (Phi) is 7.13. The normalized spacial score (nSPS) is 12.6. The first kappa shape index (κ1) is 22.0. The van der Waals surface area contributed by atoms with Crippen LogP contribution in [0.5, 0.6) is 0 Å². The van der Waals surface area contributed by atoms with Gasteiger partial charge in [-0.3, -0.25) is 4.79 Å². The van der Waals surface area contributed by atoms with Crippen LogP contribution in [0.1, 0.15) is 6.42 Å². The lowest BCUT2D eigenvalue weighted by atomic mass is 10.3. The fourth-order valence-corrected chi connectivity index (χ4v) is 5.52. The van der Waals surface area contributed by atoms with Crippen LogP contribution in [0.2, 0.25) is 10.0 Å². The molecule has 0 aliphatic rings. The van der Waals surface area contributed by atoms with Gasteiger partial charge in [0.05, 0.1) is 37.5 Å². The fraction of sp³-hybridized carbons (Fsp3) is 0.263. The molecule has 0 saturated heterocycles. The van der Waals surface area contributed by atoms with E-state index in [1.165, 1.54) is 23.5 Å². The van der Waals surface area contributed by atoms with E-state index in [0.717, 1.165) is 4.70 Å². The number of ether oxygens (including phenoxy) is 1. The molecule has 0 atom stereocenters. The number of nitrogens with zero attached hydrogens (tertiary/aromatic N) is 2. The van der Waals surface area contributed by atoms with Crippen molar-refractivity contribution < 1.29 is 17.9 Å². The van der Waals surface area contributed by atoms with Crippen LogP contribution in [0.25, 0.3) is 10.2 Å².